The molecule has 0 amide bonds. The highest BCUT2D eigenvalue weighted by atomic mass is 19.3. The van der Waals surface area contributed by atoms with Crippen molar-refractivity contribution in [3.63, 3.8) is 0 Å². The number of anilines is 1. The Morgan fingerprint density at radius 3 is 2.80 bits per heavy atom. The van der Waals surface area contributed by atoms with Crippen molar-refractivity contribution in [3.05, 3.63) is 69.8 Å². The van der Waals surface area contributed by atoms with Gasteiger partial charge in [0, 0.05) is 12.3 Å². The van der Waals surface area contributed by atoms with Crippen LogP contribution in [0.1, 0.15) is 16.8 Å². The van der Waals surface area contributed by atoms with Crippen LogP contribution in [0.4, 0.5) is 14.5 Å². The van der Waals surface area contributed by atoms with E-state index in [2.05, 4.69) is 15.0 Å². The van der Waals surface area contributed by atoms with Crippen molar-refractivity contribution in [1.82, 2.24) is 9.38 Å². The molecule has 5 nitrogen and oxygen atoms in total. The van der Waals surface area contributed by atoms with Gasteiger partial charge in [-0.2, -0.15) is 8.78 Å². The smallest absolute Gasteiger partial charge is 0.387 e. The number of fused-ring (bicyclic) bond motifs is 1. The molecule has 3 aromatic rings. The van der Waals surface area contributed by atoms with Gasteiger partial charge in [-0.25, -0.2) is 4.98 Å². The van der Waals surface area contributed by atoms with Crippen LogP contribution in [0.2, 0.25) is 0 Å². The zero-order valence-electron chi connectivity index (χ0n) is 13.8. The molecule has 1 N–H and O–H groups in total. The monoisotopic (exact) mass is 345 g/mol. The highest BCUT2D eigenvalue weighted by molar-refractivity contribution is 5.61. The number of nitrogens with zero attached hydrogens (tertiary/aromatic N) is 2. The van der Waals surface area contributed by atoms with E-state index in [9.17, 15) is 13.6 Å². The fraction of sp³-hybridized carbons (Fsp3) is 0.222. The summed E-state index contributed by atoms with van der Waals surface area (Å²) in [6, 6.07) is 9.94. The highest BCUT2D eigenvalue weighted by Gasteiger charge is 2.12. The fourth-order valence-corrected chi connectivity index (χ4v) is 2.59. The Balaban J connectivity index is 1.88. The lowest BCUT2D eigenvalue weighted by Crippen LogP contribution is -2.17. The Labute approximate surface area is 142 Å². The average molecular weight is 345 g/mol. The summed E-state index contributed by atoms with van der Waals surface area (Å²) in [5.41, 5.74) is 3.01. The quantitative estimate of drug-likeness (QED) is 0.769. The van der Waals surface area contributed by atoms with Crippen LogP contribution in [0.5, 0.6) is 5.75 Å². The first-order valence-corrected chi connectivity index (χ1v) is 7.71. The Morgan fingerprint density at radius 2 is 2.04 bits per heavy atom. The number of hydrogen-bond acceptors (Lipinski definition) is 4. The Hall–Kier alpha value is -2.96. The molecule has 25 heavy (non-hydrogen) atoms. The maximum atomic E-state index is 12.5. The third-order valence-corrected chi connectivity index (χ3v) is 3.76. The number of hydrogen-bond donors (Lipinski definition) is 1. The van der Waals surface area contributed by atoms with Gasteiger partial charge in [0.25, 0.3) is 5.56 Å². The molecule has 0 fully saturated rings. The van der Waals surface area contributed by atoms with E-state index in [-0.39, 0.29) is 17.9 Å². The van der Waals surface area contributed by atoms with Gasteiger partial charge in [-0.1, -0.05) is 18.2 Å². The van der Waals surface area contributed by atoms with E-state index in [1.54, 1.807) is 31.3 Å². The molecule has 0 saturated heterocycles. The van der Waals surface area contributed by atoms with Crippen molar-refractivity contribution >= 4 is 11.3 Å². The number of para-hydroxylation sites is 1. The lowest BCUT2D eigenvalue weighted by molar-refractivity contribution is -0.0493. The second-order valence-corrected chi connectivity index (χ2v) is 5.70. The number of pyridine rings is 1. The first-order chi connectivity index (χ1) is 11.9. The normalized spacial score (nSPS) is 11.1. The summed E-state index contributed by atoms with van der Waals surface area (Å²) >= 11 is 0. The Kier molecular flexibility index (Phi) is 4.65. The minimum atomic E-state index is -2.91. The van der Waals surface area contributed by atoms with Gasteiger partial charge in [0.15, 0.2) is 0 Å². The van der Waals surface area contributed by atoms with Crippen LogP contribution in [-0.4, -0.2) is 16.0 Å². The molecule has 0 spiro atoms. The molecule has 1 aromatic carbocycles. The molecule has 7 heteroatoms. The zero-order valence-corrected chi connectivity index (χ0v) is 13.8. The minimum Gasteiger partial charge on any atom is -0.433 e. The van der Waals surface area contributed by atoms with Crippen LogP contribution in [-0.2, 0) is 6.54 Å². The molecule has 0 atom stereocenters. The van der Waals surface area contributed by atoms with Gasteiger partial charge in [-0.15, -0.1) is 0 Å². The molecule has 0 unspecified atom stereocenters. The molecule has 130 valence electrons. The maximum Gasteiger partial charge on any atom is 0.387 e. The average Bonchev–Trinajstić information content (AvgIpc) is 2.54. The molecule has 2 aromatic heterocycles. The van der Waals surface area contributed by atoms with Gasteiger partial charge in [-0.3, -0.25) is 9.20 Å². The zero-order chi connectivity index (χ0) is 18.0. The molecular weight excluding hydrogens is 328 g/mol. The molecule has 3 rings (SSSR count). The molecule has 0 saturated carbocycles. The van der Waals surface area contributed by atoms with Crippen LogP contribution in [0.15, 0.2) is 47.4 Å². The van der Waals surface area contributed by atoms with Crippen molar-refractivity contribution < 1.29 is 13.5 Å². The van der Waals surface area contributed by atoms with Crippen LogP contribution in [0.3, 0.4) is 0 Å². The molecular formula is C18H17F2N3O2. The summed E-state index contributed by atoms with van der Waals surface area (Å²) in [5.74, 6) is 0.0585. The number of ether oxygens (including phenoxy) is 1. The van der Waals surface area contributed by atoms with E-state index in [1.807, 2.05) is 13.0 Å². The second kappa shape index (κ2) is 6.88. The maximum absolute atomic E-state index is 12.5. The summed E-state index contributed by atoms with van der Waals surface area (Å²) in [5, 5.41) is 3.04. The number of benzene rings is 1. The molecule has 0 bridgehead atoms. The predicted molar refractivity (Wildman–Crippen MR) is 91.3 cm³/mol. The number of rotatable bonds is 5. The van der Waals surface area contributed by atoms with Gasteiger partial charge < -0.3 is 10.1 Å². The summed E-state index contributed by atoms with van der Waals surface area (Å²) in [6.45, 7) is 0.981. The van der Waals surface area contributed by atoms with E-state index in [4.69, 9.17) is 0 Å². The van der Waals surface area contributed by atoms with Gasteiger partial charge >= 0.3 is 6.61 Å². The van der Waals surface area contributed by atoms with Crippen LogP contribution in [0, 0.1) is 13.8 Å². The topological polar surface area (TPSA) is 55.6 Å². The van der Waals surface area contributed by atoms with Crippen molar-refractivity contribution in [2.24, 2.45) is 0 Å². The lowest BCUT2D eigenvalue weighted by atomic mass is 10.2. The van der Waals surface area contributed by atoms with Crippen molar-refractivity contribution in [1.29, 1.82) is 0 Å². The van der Waals surface area contributed by atoms with Crippen molar-refractivity contribution in [2.75, 3.05) is 5.32 Å². The van der Waals surface area contributed by atoms with Gasteiger partial charge in [0.2, 0.25) is 0 Å². The first kappa shape index (κ1) is 16.9. The third kappa shape index (κ3) is 3.76. The van der Waals surface area contributed by atoms with Crippen molar-refractivity contribution in [3.8, 4) is 5.75 Å². The summed E-state index contributed by atoms with van der Waals surface area (Å²) in [4.78, 5) is 16.6. The summed E-state index contributed by atoms with van der Waals surface area (Å²) in [7, 11) is 0. The van der Waals surface area contributed by atoms with E-state index < -0.39 is 6.61 Å². The number of halogens is 2. The molecule has 2 heterocycles. The van der Waals surface area contributed by atoms with Crippen LogP contribution in [0.25, 0.3) is 5.65 Å². The molecule has 0 aliphatic heterocycles. The molecule has 0 aliphatic rings. The minimum absolute atomic E-state index is 0.0585. The van der Waals surface area contributed by atoms with Gasteiger partial charge in [-0.05, 0) is 37.1 Å². The third-order valence-electron chi connectivity index (χ3n) is 3.76. The Bertz CT molecular complexity index is 970. The van der Waals surface area contributed by atoms with Crippen molar-refractivity contribution in [2.45, 2.75) is 27.0 Å². The molecule has 0 radical (unpaired) electrons. The number of aryl methyl sites for hydroxylation is 2. The van der Waals surface area contributed by atoms with E-state index in [0.717, 1.165) is 11.1 Å². The van der Waals surface area contributed by atoms with Gasteiger partial charge in [0.05, 0.1) is 17.9 Å². The van der Waals surface area contributed by atoms with Crippen LogP contribution >= 0.6 is 0 Å². The van der Waals surface area contributed by atoms with E-state index >= 15 is 0 Å². The molecule has 0 aliphatic carbocycles. The highest BCUT2D eigenvalue weighted by Crippen LogP contribution is 2.29. The second-order valence-electron chi connectivity index (χ2n) is 5.70. The summed E-state index contributed by atoms with van der Waals surface area (Å²) in [6.07, 6.45) is 1.72. The van der Waals surface area contributed by atoms with E-state index in [1.165, 1.54) is 16.5 Å². The van der Waals surface area contributed by atoms with Gasteiger partial charge in [0.1, 0.15) is 11.4 Å². The predicted octanol–water partition coefficient (Wildman–Crippen LogP) is 3.52. The van der Waals surface area contributed by atoms with E-state index in [0.29, 0.717) is 17.0 Å². The standard InChI is InChI=1S/C18H17F2N3O2/c1-11-6-7-15-22-13(8-16(24)23(15)10-11)9-21-17-12(2)4-3-5-14(17)25-18(19)20/h3-8,10,18,21H,9H2,1-2H3. The number of aromatic nitrogens is 2. The Morgan fingerprint density at radius 1 is 1.24 bits per heavy atom. The fourth-order valence-electron chi connectivity index (χ4n) is 2.59. The lowest BCUT2D eigenvalue weighted by Gasteiger charge is -2.15. The largest absolute Gasteiger partial charge is 0.433 e. The number of nitrogens with one attached hydrogen (secondary N) is 1. The number of alkyl halides is 2. The summed E-state index contributed by atoms with van der Waals surface area (Å²) < 4.78 is 31.1. The van der Waals surface area contributed by atoms with Crippen LogP contribution < -0.4 is 15.6 Å². The SMILES string of the molecule is Cc1ccc2nc(CNc3c(C)cccc3OC(F)F)cc(=O)n2c1. The first-order valence-electron chi connectivity index (χ1n) is 7.71.